The molecule has 0 saturated carbocycles. The summed E-state index contributed by atoms with van der Waals surface area (Å²) in [5.41, 5.74) is 7.04. The lowest BCUT2D eigenvalue weighted by atomic mass is 10.2. The molecule has 5 nitrogen and oxygen atoms in total. The number of methoxy groups -OCH3 is 1. The highest BCUT2D eigenvalue weighted by Gasteiger charge is 2.12. The Hall–Kier alpha value is -1.83. The summed E-state index contributed by atoms with van der Waals surface area (Å²) in [4.78, 5) is 10.9. The molecular weight excluding hydrogens is 415 g/mol. The molecule has 0 saturated heterocycles. The van der Waals surface area contributed by atoms with E-state index in [0.717, 1.165) is 11.1 Å². The molecule has 0 radical (unpaired) electrons. The van der Waals surface area contributed by atoms with Crippen molar-refractivity contribution in [3.8, 4) is 11.5 Å². The smallest absolute Gasteiger partial charge is 0.255 e. The van der Waals surface area contributed by atoms with Crippen molar-refractivity contribution in [2.75, 3.05) is 13.7 Å². The van der Waals surface area contributed by atoms with Gasteiger partial charge in [0.2, 0.25) is 0 Å². The highest BCUT2D eigenvalue weighted by Crippen LogP contribution is 2.36. The van der Waals surface area contributed by atoms with Crippen LogP contribution in [-0.2, 0) is 17.9 Å². The molecular formula is C17H19BrClFN2O3. The number of primary amides is 1. The molecule has 25 heavy (non-hydrogen) atoms. The van der Waals surface area contributed by atoms with Gasteiger partial charge >= 0.3 is 0 Å². The van der Waals surface area contributed by atoms with Gasteiger partial charge in [0.1, 0.15) is 5.82 Å². The molecule has 0 atom stereocenters. The van der Waals surface area contributed by atoms with Gasteiger partial charge in [-0.3, -0.25) is 4.79 Å². The summed E-state index contributed by atoms with van der Waals surface area (Å²) in [5.74, 6) is 0.121. The van der Waals surface area contributed by atoms with E-state index in [2.05, 4.69) is 21.2 Å². The second-order valence-corrected chi connectivity index (χ2v) is 5.95. The Morgan fingerprint density at radius 3 is 2.44 bits per heavy atom. The number of nitrogens with one attached hydrogen (secondary N) is 1. The maximum Gasteiger partial charge on any atom is 0.255 e. The van der Waals surface area contributed by atoms with Gasteiger partial charge in [0, 0.05) is 13.1 Å². The molecule has 8 heteroatoms. The van der Waals surface area contributed by atoms with Crippen LogP contribution >= 0.6 is 28.3 Å². The molecule has 0 spiro atoms. The van der Waals surface area contributed by atoms with E-state index in [-0.39, 0.29) is 24.8 Å². The van der Waals surface area contributed by atoms with Crippen molar-refractivity contribution in [3.05, 3.63) is 57.8 Å². The van der Waals surface area contributed by atoms with Crippen LogP contribution in [0.15, 0.2) is 40.9 Å². The molecule has 0 aliphatic carbocycles. The van der Waals surface area contributed by atoms with E-state index in [1.165, 1.54) is 19.2 Å². The summed E-state index contributed by atoms with van der Waals surface area (Å²) < 4.78 is 24.2. The molecule has 2 aromatic carbocycles. The van der Waals surface area contributed by atoms with E-state index >= 15 is 0 Å². The normalized spacial score (nSPS) is 10.0. The third-order valence-electron chi connectivity index (χ3n) is 3.22. The van der Waals surface area contributed by atoms with E-state index in [1.807, 2.05) is 12.1 Å². The van der Waals surface area contributed by atoms with Crippen molar-refractivity contribution < 1.29 is 18.7 Å². The number of carbonyl (C=O) groups excluding carboxylic acids is 1. The molecule has 0 aromatic heterocycles. The number of benzene rings is 2. The number of rotatable bonds is 8. The van der Waals surface area contributed by atoms with Crippen molar-refractivity contribution in [2.24, 2.45) is 5.73 Å². The van der Waals surface area contributed by atoms with Gasteiger partial charge in [0.15, 0.2) is 18.1 Å². The zero-order chi connectivity index (χ0) is 17.5. The average Bonchev–Trinajstić information content (AvgIpc) is 2.55. The van der Waals surface area contributed by atoms with Crippen LogP contribution in [0.4, 0.5) is 4.39 Å². The number of hydrogen-bond acceptors (Lipinski definition) is 4. The quantitative estimate of drug-likeness (QED) is 0.671. The van der Waals surface area contributed by atoms with Crippen LogP contribution in [0, 0.1) is 5.82 Å². The highest BCUT2D eigenvalue weighted by molar-refractivity contribution is 9.10. The fourth-order valence-corrected chi connectivity index (χ4v) is 2.72. The molecule has 0 bridgehead atoms. The lowest BCUT2D eigenvalue weighted by Crippen LogP contribution is -2.20. The lowest BCUT2D eigenvalue weighted by molar-refractivity contribution is -0.119. The summed E-state index contributed by atoms with van der Waals surface area (Å²) in [5, 5.41) is 3.27. The number of hydrogen-bond donors (Lipinski definition) is 2. The Balaban J connectivity index is 0.00000312. The first-order valence-electron chi connectivity index (χ1n) is 7.22. The predicted octanol–water partition coefficient (Wildman–Crippen LogP) is 3.17. The standard InChI is InChI=1S/C17H18BrFN2O3.ClH/c1-23-15-7-12(6-14(18)17(15)24-10-16(20)22)9-21-8-11-2-4-13(19)5-3-11;/h2-7,21H,8-10H2,1H3,(H2,20,22);1H. The summed E-state index contributed by atoms with van der Waals surface area (Å²) >= 11 is 3.41. The van der Waals surface area contributed by atoms with Crippen LogP contribution in [0.2, 0.25) is 0 Å². The molecule has 2 rings (SSSR count). The zero-order valence-electron chi connectivity index (χ0n) is 13.6. The van der Waals surface area contributed by atoms with Crippen molar-refractivity contribution in [3.63, 3.8) is 0 Å². The zero-order valence-corrected chi connectivity index (χ0v) is 16.0. The SMILES string of the molecule is COc1cc(CNCc2ccc(F)cc2)cc(Br)c1OCC(N)=O.Cl. The van der Waals surface area contributed by atoms with Crippen LogP contribution in [0.3, 0.4) is 0 Å². The third kappa shape index (κ3) is 6.53. The fourth-order valence-electron chi connectivity index (χ4n) is 2.11. The van der Waals surface area contributed by atoms with Crippen LogP contribution in [-0.4, -0.2) is 19.6 Å². The van der Waals surface area contributed by atoms with Crippen LogP contribution in [0.5, 0.6) is 11.5 Å². The maximum atomic E-state index is 12.9. The third-order valence-corrected chi connectivity index (χ3v) is 3.81. The van der Waals surface area contributed by atoms with E-state index < -0.39 is 5.91 Å². The van der Waals surface area contributed by atoms with Crippen molar-refractivity contribution >= 4 is 34.2 Å². The van der Waals surface area contributed by atoms with E-state index in [1.54, 1.807) is 12.1 Å². The molecule has 136 valence electrons. The largest absolute Gasteiger partial charge is 0.493 e. The second-order valence-electron chi connectivity index (χ2n) is 5.09. The second kappa shape index (κ2) is 10.2. The van der Waals surface area contributed by atoms with Crippen molar-refractivity contribution in [2.45, 2.75) is 13.1 Å². The van der Waals surface area contributed by atoms with Gasteiger partial charge in [-0.25, -0.2) is 4.39 Å². The molecule has 3 N–H and O–H groups in total. The molecule has 2 aromatic rings. The monoisotopic (exact) mass is 432 g/mol. The number of ether oxygens (including phenoxy) is 2. The molecule has 0 aliphatic heterocycles. The Kier molecular flexibility index (Phi) is 8.68. The Morgan fingerprint density at radius 1 is 1.20 bits per heavy atom. The fraction of sp³-hybridized carbons (Fsp3) is 0.235. The molecule has 0 heterocycles. The van der Waals surface area contributed by atoms with Crippen LogP contribution in [0.1, 0.15) is 11.1 Å². The number of nitrogens with two attached hydrogens (primary N) is 1. The van der Waals surface area contributed by atoms with E-state index in [4.69, 9.17) is 15.2 Å². The van der Waals surface area contributed by atoms with Crippen molar-refractivity contribution in [1.82, 2.24) is 5.32 Å². The summed E-state index contributed by atoms with van der Waals surface area (Å²) in [7, 11) is 1.52. The van der Waals surface area contributed by atoms with Gasteiger partial charge in [0.25, 0.3) is 5.91 Å². The minimum Gasteiger partial charge on any atom is -0.493 e. The Morgan fingerprint density at radius 2 is 1.84 bits per heavy atom. The summed E-state index contributed by atoms with van der Waals surface area (Å²) in [6, 6.07) is 10.0. The highest BCUT2D eigenvalue weighted by atomic mass is 79.9. The predicted molar refractivity (Wildman–Crippen MR) is 99.6 cm³/mol. The van der Waals surface area contributed by atoms with Gasteiger partial charge in [0.05, 0.1) is 11.6 Å². The van der Waals surface area contributed by atoms with Gasteiger partial charge in [-0.05, 0) is 51.3 Å². The van der Waals surface area contributed by atoms with Crippen molar-refractivity contribution in [1.29, 1.82) is 0 Å². The van der Waals surface area contributed by atoms with Gasteiger partial charge < -0.3 is 20.5 Å². The van der Waals surface area contributed by atoms with Gasteiger partial charge in [-0.2, -0.15) is 0 Å². The summed E-state index contributed by atoms with van der Waals surface area (Å²) in [6.45, 7) is 0.972. The van der Waals surface area contributed by atoms with Gasteiger partial charge in [-0.15, -0.1) is 12.4 Å². The number of carbonyl (C=O) groups is 1. The minimum absolute atomic E-state index is 0. The van der Waals surface area contributed by atoms with E-state index in [0.29, 0.717) is 29.1 Å². The molecule has 0 fully saturated rings. The minimum atomic E-state index is -0.561. The molecule has 1 amide bonds. The van der Waals surface area contributed by atoms with Crippen LogP contribution < -0.4 is 20.5 Å². The van der Waals surface area contributed by atoms with E-state index in [9.17, 15) is 9.18 Å². The first-order chi connectivity index (χ1) is 11.5. The van der Waals surface area contributed by atoms with Crippen LogP contribution in [0.25, 0.3) is 0 Å². The Labute approximate surface area is 160 Å². The topological polar surface area (TPSA) is 73.6 Å². The molecule has 0 aliphatic rings. The average molecular weight is 434 g/mol. The van der Waals surface area contributed by atoms with Gasteiger partial charge in [-0.1, -0.05) is 12.1 Å². The number of amides is 1. The lowest BCUT2D eigenvalue weighted by Gasteiger charge is -2.14. The number of halogens is 3. The summed E-state index contributed by atoms with van der Waals surface area (Å²) in [6.07, 6.45) is 0. The first-order valence-corrected chi connectivity index (χ1v) is 8.01. The maximum absolute atomic E-state index is 12.9. The Bertz CT molecular complexity index is 714. The molecule has 0 unspecified atom stereocenters. The first kappa shape index (κ1) is 21.2.